The van der Waals surface area contributed by atoms with Crippen molar-refractivity contribution in [2.45, 2.75) is 13.8 Å². The third-order valence-electron chi connectivity index (χ3n) is 4.95. The Labute approximate surface area is 163 Å². The number of rotatable bonds is 3. The zero-order valence-corrected chi connectivity index (χ0v) is 16.4. The maximum atomic E-state index is 13.2. The summed E-state index contributed by atoms with van der Waals surface area (Å²) >= 11 is 1.64. The van der Waals surface area contributed by atoms with Crippen molar-refractivity contribution in [2.75, 3.05) is 31.1 Å². The smallest absolute Gasteiger partial charge is 0.255 e. The molecule has 0 aliphatic carbocycles. The van der Waals surface area contributed by atoms with Crippen LogP contribution >= 0.6 is 11.3 Å². The lowest BCUT2D eigenvalue weighted by Gasteiger charge is -2.34. The van der Waals surface area contributed by atoms with E-state index in [9.17, 15) is 4.79 Å². The van der Waals surface area contributed by atoms with E-state index in [0.717, 1.165) is 35.7 Å². The molecular weight excluding hydrogens is 356 g/mol. The molecule has 0 spiro atoms. The molecule has 2 aromatic heterocycles. The average molecular weight is 379 g/mol. The van der Waals surface area contributed by atoms with Gasteiger partial charge in [-0.15, -0.1) is 11.3 Å². The van der Waals surface area contributed by atoms with Crippen molar-refractivity contribution < 1.29 is 4.79 Å². The lowest BCUT2D eigenvalue weighted by Crippen LogP contribution is -2.49. The van der Waals surface area contributed by atoms with Gasteiger partial charge in [-0.1, -0.05) is 29.8 Å². The molecule has 3 heterocycles. The van der Waals surface area contributed by atoms with Gasteiger partial charge in [-0.25, -0.2) is 9.97 Å². The lowest BCUT2D eigenvalue weighted by molar-refractivity contribution is 0.0747. The predicted molar refractivity (Wildman–Crippen MR) is 109 cm³/mol. The molecule has 1 saturated heterocycles. The Morgan fingerprint density at radius 2 is 1.67 bits per heavy atom. The van der Waals surface area contributed by atoms with Crippen LogP contribution in [0.25, 0.3) is 11.1 Å². The molecule has 5 nitrogen and oxygen atoms in total. The number of benzene rings is 1. The topological polar surface area (TPSA) is 49.3 Å². The Hall–Kier alpha value is -2.73. The molecule has 3 aromatic rings. The van der Waals surface area contributed by atoms with Gasteiger partial charge in [-0.3, -0.25) is 4.79 Å². The number of anilines is 1. The lowest BCUT2D eigenvalue weighted by atomic mass is 10.00. The number of hydrogen-bond donors (Lipinski definition) is 0. The van der Waals surface area contributed by atoms with E-state index in [4.69, 9.17) is 0 Å². The number of carbonyl (C=O) groups excluding carboxylic acids is 1. The highest BCUT2D eigenvalue weighted by molar-refractivity contribution is 7.10. The van der Waals surface area contributed by atoms with Gasteiger partial charge >= 0.3 is 0 Å². The van der Waals surface area contributed by atoms with Gasteiger partial charge < -0.3 is 9.80 Å². The second kappa shape index (κ2) is 7.48. The molecule has 1 amide bonds. The van der Waals surface area contributed by atoms with Crippen LogP contribution < -0.4 is 4.90 Å². The fourth-order valence-corrected chi connectivity index (χ4v) is 4.28. The number of aromatic nitrogens is 2. The third kappa shape index (κ3) is 3.57. The van der Waals surface area contributed by atoms with E-state index in [2.05, 4.69) is 53.0 Å². The van der Waals surface area contributed by atoms with Gasteiger partial charge in [0, 0.05) is 54.4 Å². The number of thiophene rings is 1. The molecular formula is C21H22N4OS. The normalized spacial score (nSPS) is 14.4. The molecule has 1 fully saturated rings. The first-order valence-corrected chi connectivity index (χ1v) is 9.98. The Morgan fingerprint density at radius 1 is 1.00 bits per heavy atom. The molecule has 27 heavy (non-hydrogen) atoms. The van der Waals surface area contributed by atoms with Gasteiger partial charge in [0.2, 0.25) is 5.95 Å². The largest absolute Gasteiger partial charge is 0.337 e. The van der Waals surface area contributed by atoms with Gasteiger partial charge in [0.15, 0.2) is 0 Å². The average Bonchev–Trinajstić information content (AvgIpc) is 3.10. The molecule has 0 radical (unpaired) electrons. The Bertz CT molecular complexity index is 929. The molecule has 0 bridgehead atoms. The van der Waals surface area contributed by atoms with Crippen molar-refractivity contribution in [3.05, 3.63) is 64.1 Å². The summed E-state index contributed by atoms with van der Waals surface area (Å²) in [5, 5.41) is 2.00. The standard InChI is InChI=1S/C21H22N4OS/c1-15-4-6-17(7-5-15)19-16(2)27-14-18(19)20(26)24-10-12-25(13-11-24)21-22-8-3-9-23-21/h3-9,14H,10-13H2,1-2H3. The summed E-state index contributed by atoms with van der Waals surface area (Å²) in [7, 11) is 0. The fourth-order valence-electron chi connectivity index (χ4n) is 3.43. The minimum Gasteiger partial charge on any atom is -0.337 e. The van der Waals surface area contributed by atoms with E-state index in [0.29, 0.717) is 13.1 Å². The highest BCUT2D eigenvalue weighted by Crippen LogP contribution is 2.33. The molecule has 6 heteroatoms. The number of hydrogen-bond acceptors (Lipinski definition) is 5. The quantitative estimate of drug-likeness (QED) is 0.696. The second-order valence-electron chi connectivity index (χ2n) is 6.77. The van der Waals surface area contributed by atoms with Crippen LogP contribution in [-0.2, 0) is 0 Å². The summed E-state index contributed by atoms with van der Waals surface area (Å²) < 4.78 is 0. The molecule has 138 valence electrons. The van der Waals surface area contributed by atoms with E-state index in [-0.39, 0.29) is 5.91 Å². The van der Waals surface area contributed by atoms with Crippen molar-refractivity contribution in [1.82, 2.24) is 14.9 Å². The first-order valence-electron chi connectivity index (χ1n) is 9.10. The monoisotopic (exact) mass is 378 g/mol. The number of carbonyl (C=O) groups is 1. The second-order valence-corrected chi connectivity index (χ2v) is 7.86. The summed E-state index contributed by atoms with van der Waals surface area (Å²) in [5.41, 5.74) is 4.21. The SMILES string of the molecule is Cc1ccc(-c2c(C(=O)N3CCN(c4ncccn4)CC3)csc2C)cc1. The Kier molecular flexibility index (Phi) is 4.90. The summed E-state index contributed by atoms with van der Waals surface area (Å²) in [5.74, 6) is 0.847. The van der Waals surface area contributed by atoms with E-state index < -0.39 is 0 Å². The van der Waals surface area contributed by atoms with Crippen LogP contribution in [0.3, 0.4) is 0 Å². The van der Waals surface area contributed by atoms with Crippen molar-refractivity contribution >= 4 is 23.2 Å². The molecule has 4 rings (SSSR count). The molecule has 0 saturated carbocycles. The number of nitrogens with zero attached hydrogens (tertiary/aromatic N) is 4. The van der Waals surface area contributed by atoms with Crippen molar-refractivity contribution in [2.24, 2.45) is 0 Å². The number of piperazine rings is 1. The van der Waals surface area contributed by atoms with E-state index in [1.165, 1.54) is 10.4 Å². The zero-order valence-electron chi connectivity index (χ0n) is 15.6. The first-order chi connectivity index (χ1) is 13.1. The molecule has 0 unspecified atom stereocenters. The molecule has 1 aliphatic heterocycles. The van der Waals surface area contributed by atoms with Gasteiger partial charge in [0.1, 0.15) is 0 Å². The van der Waals surface area contributed by atoms with E-state index >= 15 is 0 Å². The van der Waals surface area contributed by atoms with E-state index in [1.807, 2.05) is 16.3 Å². The number of amides is 1. The zero-order chi connectivity index (χ0) is 18.8. The summed E-state index contributed by atoms with van der Waals surface area (Å²) in [6.07, 6.45) is 3.50. The third-order valence-corrected chi connectivity index (χ3v) is 5.86. The first kappa shape index (κ1) is 17.7. The van der Waals surface area contributed by atoms with Crippen LogP contribution in [0.5, 0.6) is 0 Å². The Morgan fingerprint density at radius 3 is 2.33 bits per heavy atom. The molecule has 0 N–H and O–H groups in total. The highest BCUT2D eigenvalue weighted by Gasteiger charge is 2.26. The Balaban J connectivity index is 1.52. The maximum absolute atomic E-state index is 13.2. The summed E-state index contributed by atoms with van der Waals surface area (Å²) in [6, 6.07) is 10.2. The van der Waals surface area contributed by atoms with Crippen molar-refractivity contribution in [1.29, 1.82) is 0 Å². The predicted octanol–water partition coefficient (Wildman–Crippen LogP) is 3.78. The number of aryl methyl sites for hydroxylation is 2. The molecule has 0 atom stereocenters. The summed E-state index contributed by atoms with van der Waals surface area (Å²) in [6.45, 7) is 7.02. The van der Waals surface area contributed by atoms with Gasteiger partial charge in [0.25, 0.3) is 5.91 Å². The van der Waals surface area contributed by atoms with Crippen LogP contribution in [0.15, 0.2) is 48.1 Å². The highest BCUT2D eigenvalue weighted by atomic mass is 32.1. The van der Waals surface area contributed by atoms with Gasteiger partial charge in [-0.2, -0.15) is 0 Å². The maximum Gasteiger partial charge on any atom is 0.255 e. The molecule has 1 aromatic carbocycles. The fraction of sp³-hybridized carbons (Fsp3) is 0.286. The van der Waals surface area contributed by atoms with Gasteiger partial charge in [-0.05, 0) is 25.5 Å². The van der Waals surface area contributed by atoms with Crippen LogP contribution in [0.4, 0.5) is 5.95 Å². The van der Waals surface area contributed by atoms with Crippen LogP contribution in [0, 0.1) is 13.8 Å². The minimum atomic E-state index is 0.114. The van der Waals surface area contributed by atoms with E-state index in [1.54, 1.807) is 23.7 Å². The summed E-state index contributed by atoms with van der Waals surface area (Å²) in [4.78, 5) is 27.1. The van der Waals surface area contributed by atoms with Crippen LogP contribution in [-0.4, -0.2) is 47.0 Å². The molecule has 1 aliphatic rings. The van der Waals surface area contributed by atoms with Crippen LogP contribution in [0.2, 0.25) is 0 Å². The van der Waals surface area contributed by atoms with Gasteiger partial charge in [0.05, 0.1) is 5.56 Å². The minimum absolute atomic E-state index is 0.114. The van der Waals surface area contributed by atoms with Crippen molar-refractivity contribution in [3.8, 4) is 11.1 Å². The van der Waals surface area contributed by atoms with Crippen LogP contribution in [0.1, 0.15) is 20.8 Å². The van der Waals surface area contributed by atoms with Crippen molar-refractivity contribution in [3.63, 3.8) is 0 Å².